The predicted molar refractivity (Wildman–Crippen MR) is 73.7 cm³/mol. The summed E-state index contributed by atoms with van der Waals surface area (Å²) in [5.41, 5.74) is 0. The molecule has 0 rings (SSSR count). The first-order valence-corrected chi connectivity index (χ1v) is 7.22. The number of esters is 1. The highest BCUT2D eigenvalue weighted by Gasteiger charge is 2.22. The summed E-state index contributed by atoms with van der Waals surface area (Å²) in [6, 6.07) is 0. The van der Waals surface area contributed by atoms with E-state index in [0.29, 0.717) is 6.42 Å². The predicted octanol–water partition coefficient (Wildman–Crippen LogP) is 4.86. The Bertz CT molecular complexity index is 206. The van der Waals surface area contributed by atoms with E-state index in [2.05, 4.69) is 11.7 Å². The number of hydrogen-bond donors (Lipinski definition) is 0. The van der Waals surface area contributed by atoms with Crippen molar-refractivity contribution in [2.24, 2.45) is 0 Å². The average molecular weight is 283 g/mol. The zero-order valence-corrected chi connectivity index (χ0v) is 12.4. The van der Waals surface area contributed by atoms with Crippen molar-refractivity contribution < 1.29 is 9.53 Å². The van der Waals surface area contributed by atoms with Crippen LogP contribution in [-0.2, 0) is 9.53 Å². The molecule has 0 bridgehead atoms. The minimum atomic E-state index is -0.621. The summed E-state index contributed by atoms with van der Waals surface area (Å²) < 4.78 is 3.95. The standard InChI is InChI=1S/C13H24Cl2O2/c1-3-4-5-7-10-13(14,15)11-8-6-9-12(16)17-2/h3-11H2,1-2H3. The molecule has 102 valence electrons. The van der Waals surface area contributed by atoms with Gasteiger partial charge >= 0.3 is 5.97 Å². The van der Waals surface area contributed by atoms with Gasteiger partial charge in [0.25, 0.3) is 0 Å². The van der Waals surface area contributed by atoms with Crippen LogP contribution in [0.1, 0.15) is 64.7 Å². The number of halogens is 2. The summed E-state index contributed by atoms with van der Waals surface area (Å²) in [5.74, 6) is -0.164. The monoisotopic (exact) mass is 282 g/mol. The molecule has 0 atom stereocenters. The van der Waals surface area contributed by atoms with Gasteiger partial charge in [0, 0.05) is 6.42 Å². The highest BCUT2D eigenvalue weighted by Crippen LogP contribution is 2.33. The third-order valence-electron chi connectivity index (χ3n) is 2.80. The molecule has 0 amide bonds. The van der Waals surface area contributed by atoms with Crippen molar-refractivity contribution in [2.75, 3.05) is 7.11 Å². The minimum absolute atomic E-state index is 0.164. The number of carbonyl (C=O) groups excluding carboxylic acids is 1. The Hall–Kier alpha value is 0.0500. The molecule has 0 aliphatic heterocycles. The number of ether oxygens (including phenoxy) is 1. The summed E-state index contributed by atoms with van der Waals surface area (Å²) in [6.07, 6.45) is 8.45. The second-order valence-corrected chi connectivity index (χ2v) is 6.09. The van der Waals surface area contributed by atoms with Gasteiger partial charge in [0.05, 0.1) is 7.11 Å². The van der Waals surface area contributed by atoms with E-state index in [1.807, 2.05) is 0 Å². The average Bonchev–Trinajstić information content (AvgIpc) is 2.30. The first-order chi connectivity index (χ1) is 8.02. The van der Waals surface area contributed by atoms with E-state index >= 15 is 0 Å². The number of unbranched alkanes of at least 4 members (excludes halogenated alkanes) is 4. The fourth-order valence-electron chi connectivity index (χ4n) is 1.69. The SMILES string of the molecule is CCCCCCC(Cl)(Cl)CCCCC(=O)OC. The number of alkyl halides is 2. The van der Waals surface area contributed by atoms with Gasteiger partial charge in [-0.05, 0) is 25.7 Å². The lowest BCUT2D eigenvalue weighted by Gasteiger charge is -2.19. The molecule has 0 aliphatic rings. The van der Waals surface area contributed by atoms with Crippen LogP contribution in [0.2, 0.25) is 0 Å². The molecule has 0 saturated heterocycles. The molecule has 0 heterocycles. The molecule has 0 aromatic rings. The second-order valence-electron chi connectivity index (χ2n) is 4.45. The van der Waals surface area contributed by atoms with Crippen molar-refractivity contribution in [3.63, 3.8) is 0 Å². The summed E-state index contributed by atoms with van der Waals surface area (Å²) in [7, 11) is 1.41. The molecule has 0 saturated carbocycles. The second kappa shape index (κ2) is 10.0. The zero-order chi connectivity index (χ0) is 13.1. The Morgan fingerprint density at radius 3 is 2.18 bits per heavy atom. The van der Waals surface area contributed by atoms with Crippen molar-refractivity contribution in [1.82, 2.24) is 0 Å². The maximum atomic E-state index is 10.9. The fourth-order valence-corrected chi connectivity index (χ4v) is 2.22. The Labute approximate surface area is 115 Å². The number of methoxy groups -OCH3 is 1. The van der Waals surface area contributed by atoms with Crippen LogP contribution in [0, 0.1) is 0 Å². The van der Waals surface area contributed by atoms with Crippen molar-refractivity contribution in [2.45, 2.75) is 69.0 Å². The molecule has 0 N–H and O–H groups in total. The Morgan fingerprint density at radius 1 is 1.06 bits per heavy atom. The van der Waals surface area contributed by atoms with Gasteiger partial charge < -0.3 is 4.74 Å². The van der Waals surface area contributed by atoms with E-state index in [4.69, 9.17) is 23.2 Å². The highest BCUT2D eigenvalue weighted by atomic mass is 35.5. The van der Waals surface area contributed by atoms with Gasteiger partial charge in [-0.15, -0.1) is 23.2 Å². The van der Waals surface area contributed by atoms with Gasteiger partial charge in [0.15, 0.2) is 0 Å². The van der Waals surface area contributed by atoms with Gasteiger partial charge in [0.1, 0.15) is 4.33 Å². The maximum absolute atomic E-state index is 10.9. The van der Waals surface area contributed by atoms with Crippen LogP contribution < -0.4 is 0 Å². The van der Waals surface area contributed by atoms with Crippen LogP contribution >= 0.6 is 23.2 Å². The van der Waals surface area contributed by atoms with E-state index in [1.54, 1.807) is 0 Å². The summed E-state index contributed by atoms with van der Waals surface area (Å²) >= 11 is 12.4. The Morgan fingerprint density at radius 2 is 1.65 bits per heavy atom. The normalized spacial score (nSPS) is 11.5. The van der Waals surface area contributed by atoms with Gasteiger partial charge in [-0.1, -0.05) is 32.6 Å². The summed E-state index contributed by atoms with van der Waals surface area (Å²) in [4.78, 5) is 10.9. The van der Waals surface area contributed by atoms with E-state index in [9.17, 15) is 4.79 Å². The lowest BCUT2D eigenvalue weighted by Crippen LogP contribution is -2.12. The van der Waals surface area contributed by atoms with E-state index in [1.165, 1.54) is 26.4 Å². The van der Waals surface area contributed by atoms with Crippen molar-refractivity contribution >= 4 is 29.2 Å². The Kier molecular flexibility index (Phi) is 10.0. The summed E-state index contributed by atoms with van der Waals surface area (Å²) in [6.45, 7) is 2.18. The Balaban J connectivity index is 3.52. The first-order valence-electron chi connectivity index (χ1n) is 6.46. The maximum Gasteiger partial charge on any atom is 0.305 e. The third kappa shape index (κ3) is 10.9. The van der Waals surface area contributed by atoms with Crippen molar-refractivity contribution in [3.8, 4) is 0 Å². The fraction of sp³-hybridized carbons (Fsp3) is 0.923. The quantitative estimate of drug-likeness (QED) is 0.325. The number of hydrogen-bond acceptors (Lipinski definition) is 2. The van der Waals surface area contributed by atoms with Crippen molar-refractivity contribution in [3.05, 3.63) is 0 Å². The molecule has 0 aliphatic carbocycles. The third-order valence-corrected chi connectivity index (χ3v) is 3.55. The lowest BCUT2D eigenvalue weighted by molar-refractivity contribution is -0.140. The van der Waals surface area contributed by atoms with Crippen LogP contribution in [0.25, 0.3) is 0 Å². The molecule has 0 aromatic heterocycles. The molecule has 2 nitrogen and oxygen atoms in total. The lowest BCUT2D eigenvalue weighted by atomic mass is 10.1. The van der Waals surface area contributed by atoms with Gasteiger partial charge in [-0.25, -0.2) is 0 Å². The number of carbonyl (C=O) groups is 1. The van der Waals surface area contributed by atoms with Gasteiger partial charge in [-0.2, -0.15) is 0 Å². The van der Waals surface area contributed by atoms with Crippen LogP contribution in [-0.4, -0.2) is 17.4 Å². The van der Waals surface area contributed by atoms with Gasteiger partial charge in [0.2, 0.25) is 0 Å². The largest absolute Gasteiger partial charge is 0.469 e. The number of rotatable bonds is 10. The van der Waals surface area contributed by atoms with E-state index in [-0.39, 0.29) is 5.97 Å². The van der Waals surface area contributed by atoms with Crippen LogP contribution in [0.15, 0.2) is 0 Å². The molecule has 0 aromatic carbocycles. The van der Waals surface area contributed by atoms with Crippen LogP contribution in [0.3, 0.4) is 0 Å². The van der Waals surface area contributed by atoms with E-state index in [0.717, 1.165) is 32.1 Å². The van der Waals surface area contributed by atoms with Crippen LogP contribution in [0.4, 0.5) is 0 Å². The minimum Gasteiger partial charge on any atom is -0.469 e. The zero-order valence-electron chi connectivity index (χ0n) is 10.9. The van der Waals surface area contributed by atoms with Gasteiger partial charge in [-0.3, -0.25) is 4.79 Å². The molecule has 0 fully saturated rings. The molecular weight excluding hydrogens is 259 g/mol. The summed E-state index contributed by atoms with van der Waals surface area (Å²) in [5, 5.41) is 0. The first kappa shape index (κ1) is 17.1. The highest BCUT2D eigenvalue weighted by molar-refractivity contribution is 6.48. The molecule has 0 spiro atoms. The topological polar surface area (TPSA) is 26.3 Å². The molecule has 0 radical (unpaired) electrons. The molecule has 4 heteroatoms. The van der Waals surface area contributed by atoms with E-state index < -0.39 is 4.33 Å². The molecule has 0 unspecified atom stereocenters. The molecule has 17 heavy (non-hydrogen) atoms. The van der Waals surface area contributed by atoms with Crippen LogP contribution in [0.5, 0.6) is 0 Å². The molecular formula is C13H24Cl2O2. The van der Waals surface area contributed by atoms with Crippen molar-refractivity contribution in [1.29, 1.82) is 0 Å². The smallest absolute Gasteiger partial charge is 0.305 e.